The van der Waals surface area contributed by atoms with Gasteiger partial charge in [0.25, 0.3) is 0 Å². The van der Waals surface area contributed by atoms with E-state index in [0.717, 1.165) is 11.3 Å². The Morgan fingerprint density at radius 2 is 1.90 bits per heavy atom. The van der Waals surface area contributed by atoms with Crippen molar-refractivity contribution in [2.75, 3.05) is 11.4 Å². The van der Waals surface area contributed by atoms with Gasteiger partial charge in [0.2, 0.25) is 0 Å². The van der Waals surface area contributed by atoms with Gasteiger partial charge in [-0.15, -0.1) is 0 Å². The van der Waals surface area contributed by atoms with E-state index in [9.17, 15) is 9.90 Å². The Bertz CT molecular complexity index is 626. The normalized spacial score (nSPS) is 10.3. The number of anilines is 2. The van der Waals surface area contributed by atoms with Crippen molar-refractivity contribution in [2.24, 2.45) is 0 Å². The van der Waals surface area contributed by atoms with E-state index in [2.05, 4.69) is 4.98 Å². The molecule has 0 spiro atoms. The smallest absolute Gasteiger partial charge is 0.339 e. The summed E-state index contributed by atoms with van der Waals surface area (Å²) in [5.74, 6) is -0.661. The van der Waals surface area contributed by atoms with Crippen LogP contribution in [-0.4, -0.2) is 22.6 Å². The minimum atomic E-state index is -1.02. The monoisotopic (exact) mass is 290 g/mol. The summed E-state index contributed by atoms with van der Waals surface area (Å²) in [7, 11) is 0. The van der Waals surface area contributed by atoms with Crippen molar-refractivity contribution >= 4 is 29.1 Å². The third kappa shape index (κ3) is 2.91. The lowest BCUT2D eigenvalue weighted by Gasteiger charge is -2.23. The van der Waals surface area contributed by atoms with Gasteiger partial charge in [-0.1, -0.05) is 29.3 Å². The molecule has 0 saturated heterocycles. The first kappa shape index (κ1) is 14.3. The molecular formula is C15H15ClN2O2. The molecule has 20 heavy (non-hydrogen) atoms. The summed E-state index contributed by atoms with van der Waals surface area (Å²) in [5, 5.41) is 9.56. The number of benzene rings is 1. The Labute approximate surface area is 122 Å². The summed E-state index contributed by atoms with van der Waals surface area (Å²) in [4.78, 5) is 17.3. The molecule has 0 aliphatic carbocycles. The lowest BCUT2D eigenvalue weighted by atomic mass is 10.2. The van der Waals surface area contributed by atoms with Gasteiger partial charge in [0.05, 0.1) is 0 Å². The van der Waals surface area contributed by atoms with Gasteiger partial charge in [-0.2, -0.15) is 0 Å². The van der Waals surface area contributed by atoms with Crippen LogP contribution in [-0.2, 0) is 0 Å². The summed E-state index contributed by atoms with van der Waals surface area (Å²) in [6, 6.07) is 10.8. The Kier molecular flexibility index (Phi) is 4.25. The summed E-state index contributed by atoms with van der Waals surface area (Å²) >= 11 is 5.90. The second kappa shape index (κ2) is 5.92. The van der Waals surface area contributed by atoms with Crippen LogP contribution in [0, 0.1) is 6.92 Å². The third-order valence-corrected chi connectivity index (χ3v) is 3.20. The minimum Gasteiger partial charge on any atom is -0.478 e. The molecule has 0 aliphatic rings. The maximum Gasteiger partial charge on any atom is 0.339 e. The first-order chi connectivity index (χ1) is 9.52. The number of nitrogens with zero attached hydrogens (tertiary/aromatic N) is 2. The molecule has 1 N–H and O–H groups in total. The maximum absolute atomic E-state index is 11.3. The first-order valence-corrected chi connectivity index (χ1v) is 6.64. The lowest BCUT2D eigenvalue weighted by Crippen LogP contribution is -2.20. The Balaban J connectivity index is 2.53. The Hall–Kier alpha value is -2.07. The van der Waals surface area contributed by atoms with E-state index in [1.807, 2.05) is 43.0 Å². The largest absolute Gasteiger partial charge is 0.478 e. The van der Waals surface area contributed by atoms with E-state index < -0.39 is 5.97 Å². The highest BCUT2D eigenvalue weighted by Crippen LogP contribution is 2.28. The molecule has 0 fully saturated rings. The summed E-state index contributed by atoms with van der Waals surface area (Å²) in [6.45, 7) is 4.53. The van der Waals surface area contributed by atoms with Crippen LogP contribution in [0.4, 0.5) is 11.5 Å². The summed E-state index contributed by atoms with van der Waals surface area (Å²) in [6.07, 6.45) is 0. The van der Waals surface area contributed by atoms with E-state index in [4.69, 9.17) is 11.6 Å². The topological polar surface area (TPSA) is 53.4 Å². The zero-order valence-corrected chi connectivity index (χ0v) is 12.1. The molecule has 0 atom stereocenters. The predicted molar refractivity (Wildman–Crippen MR) is 80.1 cm³/mol. The molecule has 0 aliphatic heterocycles. The van der Waals surface area contributed by atoms with E-state index in [1.165, 1.54) is 12.1 Å². The molecule has 0 unspecified atom stereocenters. The van der Waals surface area contributed by atoms with Crippen LogP contribution >= 0.6 is 11.6 Å². The molecule has 4 nitrogen and oxygen atoms in total. The highest BCUT2D eigenvalue weighted by Gasteiger charge is 2.18. The van der Waals surface area contributed by atoms with Crippen molar-refractivity contribution in [2.45, 2.75) is 13.8 Å². The fraction of sp³-hybridized carbons (Fsp3) is 0.200. The molecule has 2 aromatic rings. The van der Waals surface area contributed by atoms with Crippen molar-refractivity contribution < 1.29 is 9.90 Å². The van der Waals surface area contributed by atoms with Crippen molar-refractivity contribution in [3.8, 4) is 0 Å². The highest BCUT2D eigenvalue weighted by atomic mass is 35.5. The van der Waals surface area contributed by atoms with Crippen LogP contribution in [0.1, 0.15) is 22.8 Å². The van der Waals surface area contributed by atoms with Crippen LogP contribution in [0.3, 0.4) is 0 Å². The van der Waals surface area contributed by atoms with Crippen LogP contribution in [0.2, 0.25) is 5.15 Å². The molecule has 0 bridgehead atoms. The van der Waals surface area contributed by atoms with Gasteiger partial charge in [-0.25, -0.2) is 9.78 Å². The molecule has 0 radical (unpaired) electrons. The van der Waals surface area contributed by atoms with Crippen molar-refractivity contribution in [3.05, 3.63) is 52.7 Å². The number of aromatic carboxylic acids is 1. The fourth-order valence-electron chi connectivity index (χ4n) is 1.98. The van der Waals surface area contributed by atoms with E-state index in [1.54, 1.807) is 0 Å². The number of carboxylic acid groups (broad SMARTS) is 1. The molecule has 0 amide bonds. The molecule has 1 aromatic carbocycles. The number of hydrogen-bond donors (Lipinski definition) is 1. The number of pyridine rings is 1. The molecule has 5 heteroatoms. The summed E-state index contributed by atoms with van der Waals surface area (Å²) < 4.78 is 0. The van der Waals surface area contributed by atoms with Crippen LogP contribution in [0.5, 0.6) is 0 Å². The zero-order valence-electron chi connectivity index (χ0n) is 11.3. The van der Waals surface area contributed by atoms with E-state index in [-0.39, 0.29) is 10.7 Å². The SMILES string of the molecule is CCN(c1ccc(C)cc1)c1nc(Cl)ccc1C(=O)O. The number of aryl methyl sites for hydroxylation is 1. The van der Waals surface area contributed by atoms with Gasteiger partial charge < -0.3 is 10.0 Å². The standard InChI is InChI=1S/C15H15ClN2O2/c1-3-18(11-6-4-10(2)5-7-11)14-12(15(19)20)8-9-13(16)17-14/h4-9H,3H2,1-2H3,(H,19,20). The average molecular weight is 291 g/mol. The highest BCUT2D eigenvalue weighted by molar-refractivity contribution is 6.29. The van der Waals surface area contributed by atoms with E-state index in [0.29, 0.717) is 12.4 Å². The average Bonchev–Trinajstić information content (AvgIpc) is 2.41. The van der Waals surface area contributed by atoms with Crippen LogP contribution in [0.25, 0.3) is 0 Å². The zero-order chi connectivity index (χ0) is 14.7. The van der Waals surface area contributed by atoms with Crippen molar-refractivity contribution in [1.82, 2.24) is 4.98 Å². The Morgan fingerprint density at radius 1 is 1.25 bits per heavy atom. The van der Waals surface area contributed by atoms with Gasteiger partial charge in [-0.3, -0.25) is 0 Å². The number of carbonyl (C=O) groups is 1. The Morgan fingerprint density at radius 3 is 2.45 bits per heavy atom. The molecule has 1 heterocycles. The number of carboxylic acids is 1. The van der Waals surface area contributed by atoms with Gasteiger partial charge in [-0.05, 0) is 38.1 Å². The quantitative estimate of drug-likeness (QED) is 0.868. The predicted octanol–water partition coefficient (Wildman–Crippen LogP) is 3.90. The van der Waals surface area contributed by atoms with E-state index >= 15 is 0 Å². The second-order valence-electron chi connectivity index (χ2n) is 4.39. The second-order valence-corrected chi connectivity index (χ2v) is 4.78. The third-order valence-electron chi connectivity index (χ3n) is 2.99. The molecular weight excluding hydrogens is 276 g/mol. The molecule has 0 saturated carbocycles. The van der Waals surface area contributed by atoms with Gasteiger partial charge >= 0.3 is 5.97 Å². The van der Waals surface area contributed by atoms with Crippen LogP contribution in [0.15, 0.2) is 36.4 Å². The number of hydrogen-bond acceptors (Lipinski definition) is 3. The first-order valence-electron chi connectivity index (χ1n) is 6.27. The number of rotatable bonds is 4. The number of aromatic nitrogens is 1. The van der Waals surface area contributed by atoms with Gasteiger partial charge in [0, 0.05) is 12.2 Å². The maximum atomic E-state index is 11.3. The molecule has 1 aromatic heterocycles. The van der Waals surface area contributed by atoms with Gasteiger partial charge in [0.1, 0.15) is 16.5 Å². The van der Waals surface area contributed by atoms with Gasteiger partial charge in [0.15, 0.2) is 0 Å². The van der Waals surface area contributed by atoms with Crippen molar-refractivity contribution in [1.29, 1.82) is 0 Å². The van der Waals surface area contributed by atoms with Crippen LogP contribution < -0.4 is 4.90 Å². The lowest BCUT2D eigenvalue weighted by molar-refractivity contribution is 0.0697. The fourth-order valence-corrected chi connectivity index (χ4v) is 2.12. The summed E-state index contributed by atoms with van der Waals surface area (Å²) in [5.41, 5.74) is 2.16. The minimum absolute atomic E-state index is 0.136. The molecule has 2 rings (SSSR count). The number of halogens is 1. The van der Waals surface area contributed by atoms with Crippen molar-refractivity contribution in [3.63, 3.8) is 0 Å². The molecule has 104 valence electrons.